The first-order valence-corrected chi connectivity index (χ1v) is 5.54. The number of halogens is 3. The first-order valence-electron chi connectivity index (χ1n) is 5.54. The van der Waals surface area contributed by atoms with Crippen LogP contribution in [0.1, 0.15) is 5.56 Å². The Morgan fingerprint density at radius 2 is 1.74 bits per heavy atom. The van der Waals surface area contributed by atoms with Crippen LogP contribution in [0.15, 0.2) is 53.4 Å². The lowest BCUT2D eigenvalue weighted by Gasteiger charge is -2.06. The number of aromatic nitrogens is 1. The zero-order chi connectivity index (χ0) is 13.5. The maximum absolute atomic E-state index is 12.5. The Balaban J connectivity index is 2.07. The molecular formula is C14H8F3NO. The highest BCUT2D eigenvalue weighted by molar-refractivity contribution is 5.93. The monoisotopic (exact) mass is 263 g/mol. The SMILES string of the molecule is FC(F)(F)c1ccc(-c2coc3cnccc23)cc1. The van der Waals surface area contributed by atoms with Gasteiger partial charge in [0.15, 0.2) is 5.58 Å². The fourth-order valence-electron chi connectivity index (χ4n) is 1.94. The Bertz CT molecular complexity index is 713. The largest absolute Gasteiger partial charge is 0.462 e. The second kappa shape index (κ2) is 4.12. The molecule has 0 N–H and O–H groups in total. The summed E-state index contributed by atoms with van der Waals surface area (Å²) in [5, 5.41) is 0.828. The number of nitrogens with zero attached hydrogens (tertiary/aromatic N) is 1. The van der Waals surface area contributed by atoms with Crippen LogP contribution in [0.2, 0.25) is 0 Å². The van der Waals surface area contributed by atoms with Crippen molar-refractivity contribution < 1.29 is 17.6 Å². The second-order valence-corrected chi connectivity index (χ2v) is 4.10. The highest BCUT2D eigenvalue weighted by atomic mass is 19.4. The molecule has 19 heavy (non-hydrogen) atoms. The van der Waals surface area contributed by atoms with Crippen LogP contribution < -0.4 is 0 Å². The minimum absolute atomic E-state index is 0.609. The van der Waals surface area contributed by atoms with Crippen molar-refractivity contribution in [1.29, 1.82) is 0 Å². The fraction of sp³-hybridized carbons (Fsp3) is 0.0714. The van der Waals surface area contributed by atoms with Crippen LogP contribution in [-0.2, 0) is 6.18 Å². The van der Waals surface area contributed by atoms with Gasteiger partial charge in [0.25, 0.3) is 0 Å². The van der Waals surface area contributed by atoms with E-state index in [0.29, 0.717) is 11.1 Å². The van der Waals surface area contributed by atoms with E-state index in [1.54, 1.807) is 18.5 Å². The Morgan fingerprint density at radius 1 is 1.00 bits per heavy atom. The van der Waals surface area contributed by atoms with Gasteiger partial charge in [0, 0.05) is 17.1 Å². The number of hydrogen-bond acceptors (Lipinski definition) is 2. The van der Waals surface area contributed by atoms with Crippen LogP contribution in [-0.4, -0.2) is 4.98 Å². The van der Waals surface area contributed by atoms with Crippen molar-refractivity contribution in [2.45, 2.75) is 6.18 Å². The minimum atomic E-state index is -4.32. The molecule has 0 bridgehead atoms. The number of furan rings is 1. The minimum Gasteiger partial charge on any atom is -0.462 e. The summed E-state index contributed by atoms with van der Waals surface area (Å²) in [7, 11) is 0. The molecule has 0 amide bonds. The van der Waals surface area contributed by atoms with Gasteiger partial charge in [-0.25, -0.2) is 0 Å². The van der Waals surface area contributed by atoms with Crippen molar-refractivity contribution in [2.75, 3.05) is 0 Å². The lowest BCUT2D eigenvalue weighted by molar-refractivity contribution is -0.137. The van der Waals surface area contributed by atoms with Gasteiger partial charge >= 0.3 is 6.18 Å². The molecule has 0 aliphatic heterocycles. The van der Waals surface area contributed by atoms with E-state index in [0.717, 1.165) is 23.1 Å². The molecule has 0 aliphatic rings. The normalized spacial score (nSPS) is 11.9. The highest BCUT2D eigenvalue weighted by Gasteiger charge is 2.30. The Labute approximate surface area is 106 Å². The van der Waals surface area contributed by atoms with Crippen LogP contribution >= 0.6 is 0 Å². The predicted octanol–water partition coefficient (Wildman–Crippen LogP) is 4.51. The van der Waals surface area contributed by atoms with Crippen LogP contribution in [0.25, 0.3) is 22.1 Å². The van der Waals surface area contributed by atoms with Gasteiger partial charge in [0.2, 0.25) is 0 Å². The molecule has 0 unspecified atom stereocenters. The number of rotatable bonds is 1. The lowest BCUT2D eigenvalue weighted by Crippen LogP contribution is -2.03. The summed E-state index contributed by atoms with van der Waals surface area (Å²) in [6.07, 6.45) is 0.393. The standard InChI is InChI=1S/C14H8F3NO/c15-14(16,17)10-3-1-9(2-4-10)12-8-19-13-7-18-6-5-11(12)13/h1-8H. The number of alkyl halides is 3. The zero-order valence-corrected chi connectivity index (χ0v) is 9.61. The molecule has 1 aromatic carbocycles. The molecule has 0 aliphatic carbocycles. The molecule has 0 atom stereocenters. The van der Waals surface area contributed by atoms with E-state index in [1.807, 2.05) is 0 Å². The van der Waals surface area contributed by atoms with Gasteiger partial charge in [-0.15, -0.1) is 0 Å². The van der Waals surface area contributed by atoms with Crippen molar-refractivity contribution in [2.24, 2.45) is 0 Å². The summed E-state index contributed by atoms with van der Waals surface area (Å²) in [6, 6.07) is 6.78. The molecule has 3 rings (SSSR count). The van der Waals surface area contributed by atoms with Gasteiger partial charge in [0.05, 0.1) is 18.0 Å². The first kappa shape index (κ1) is 11.8. The molecule has 5 heteroatoms. The predicted molar refractivity (Wildman–Crippen MR) is 64.4 cm³/mol. The molecule has 2 heterocycles. The number of benzene rings is 1. The molecule has 0 saturated carbocycles. The van der Waals surface area contributed by atoms with Gasteiger partial charge in [-0.1, -0.05) is 12.1 Å². The van der Waals surface area contributed by atoms with Crippen LogP contribution in [0.3, 0.4) is 0 Å². The Hall–Kier alpha value is -2.30. The molecule has 0 saturated heterocycles. The Morgan fingerprint density at radius 3 is 2.42 bits per heavy atom. The van der Waals surface area contributed by atoms with Crippen LogP contribution in [0.4, 0.5) is 13.2 Å². The van der Waals surface area contributed by atoms with Crippen molar-refractivity contribution >= 4 is 11.0 Å². The van der Waals surface area contributed by atoms with Crippen molar-refractivity contribution in [3.05, 3.63) is 54.6 Å². The van der Waals surface area contributed by atoms with E-state index in [9.17, 15) is 13.2 Å². The van der Waals surface area contributed by atoms with E-state index in [2.05, 4.69) is 4.98 Å². The average Bonchev–Trinajstić information content (AvgIpc) is 2.82. The zero-order valence-electron chi connectivity index (χ0n) is 9.61. The molecule has 0 spiro atoms. The van der Waals surface area contributed by atoms with E-state index in [-0.39, 0.29) is 0 Å². The molecule has 0 radical (unpaired) electrons. The van der Waals surface area contributed by atoms with Gasteiger partial charge in [-0.3, -0.25) is 4.98 Å². The van der Waals surface area contributed by atoms with Crippen LogP contribution in [0.5, 0.6) is 0 Å². The molecule has 2 nitrogen and oxygen atoms in total. The quantitative estimate of drug-likeness (QED) is 0.645. The van der Waals surface area contributed by atoms with Crippen molar-refractivity contribution in [3.8, 4) is 11.1 Å². The third-order valence-corrected chi connectivity index (χ3v) is 2.90. The third kappa shape index (κ3) is 2.07. The fourth-order valence-corrected chi connectivity index (χ4v) is 1.94. The maximum Gasteiger partial charge on any atom is 0.416 e. The lowest BCUT2D eigenvalue weighted by atomic mass is 10.0. The summed E-state index contributed by atoms with van der Waals surface area (Å²) >= 11 is 0. The molecule has 2 aromatic heterocycles. The summed E-state index contributed by atoms with van der Waals surface area (Å²) in [4.78, 5) is 3.92. The maximum atomic E-state index is 12.5. The van der Waals surface area contributed by atoms with Gasteiger partial charge in [0.1, 0.15) is 0 Å². The summed E-state index contributed by atoms with van der Waals surface area (Å²) in [5.74, 6) is 0. The smallest absolute Gasteiger partial charge is 0.416 e. The summed E-state index contributed by atoms with van der Waals surface area (Å²) in [6.45, 7) is 0. The highest BCUT2D eigenvalue weighted by Crippen LogP contribution is 2.33. The number of pyridine rings is 1. The van der Waals surface area contributed by atoms with E-state index in [4.69, 9.17) is 4.42 Å². The second-order valence-electron chi connectivity index (χ2n) is 4.10. The molecule has 3 aromatic rings. The summed E-state index contributed by atoms with van der Waals surface area (Å²) in [5.41, 5.74) is 1.38. The molecule has 0 fully saturated rings. The summed E-state index contributed by atoms with van der Waals surface area (Å²) < 4.78 is 42.8. The molecule has 96 valence electrons. The van der Waals surface area contributed by atoms with Gasteiger partial charge in [-0.05, 0) is 23.8 Å². The van der Waals surface area contributed by atoms with Crippen molar-refractivity contribution in [3.63, 3.8) is 0 Å². The topological polar surface area (TPSA) is 26.0 Å². The van der Waals surface area contributed by atoms with E-state index in [1.165, 1.54) is 18.4 Å². The van der Waals surface area contributed by atoms with Crippen LogP contribution in [0, 0.1) is 0 Å². The van der Waals surface area contributed by atoms with Gasteiger partial charge < -0.3 is 4.42 Å². The van der Waals surface area contributed by atoms with Crippen molar-refractivity contribution in [1.82, 2.24) is 4.98 Å². The molecular weight excluding hydrogens is 255 g/mol. The number of fused-ring (bicyclic) bond motifs is 1. The average molecular weight is 263 g/mol. The van der Waals surface area contributed by atoms with E-state index >= 15 is 0 Å². The van der Waals surface area contributed by atoms with Gasteiger partial charge in [-0.2, -0.15) is 13.2 Å². The number of hydrogen-bond donors (Lipinski definition) is 0. The Kier molecular flexibility index (Phi) is 2.55. The first-order chi connectivity index (χ1) is 9.05. The third-order valence-electron chi connectivity index (χ3n) is 2.90. The van der Waals surface area contributed by atoms with E-state index < -0.39 is 11.7 Å².